The maximum atomic E-state index is 11.8. The first-order valence-corrected chi connectivity index (χ1v) is 6.62. The van der Waals surface area contributed by atoms with E-state index in [9.17, 15) is 4.79 Å². The Hall–Kier alpha value is -2.53. The van der Waals surface area contributed by atoms with Crippen LogP contribution in [0.1, 0.15) is 0 Å². The third-order valence-electron chi connectivity index (χ3n) is 3.20. The molecule has 21 heavy (non-hydrogen) atoms. The zero-order valence-corrected chi connectivity index (χ0v) is 12.0. The fourth-order valence-corrected chi connectivity index (χ4v) is 2.30. The molecule has 0 fully saturated rings. The zero-order chi connectivity index (χ0) is 15.0. The maximum absolute atomic E-state index is 11.8. The summed E-state index contributed by atoms with van der Waals surface area (Å²) in [6.07, 6.45) is 1.66. The Morgan fingerprint density at radius 3 is 2.76 bits per heavy atom. The number of nitrogen functional groups attached to an aromatic ring is 1. The van der Waals surface area contributed by atoms with Crippen molar-refractivity contribution in [2.45, 2.75) is 0 Å². The van der Waals surface area contributed by atoms with Gasteiger partial charge < -0.3 is 14.8 Å². The summed E-state index contributed by atoms with van der Waals surface area (Å²) in [6.45, 7) is 0. The molecule has 1 aromatic carbocycles. The normalized spacial score (nSPS) is 10.8. The van der Waals surface area contributed by atoms with Gasteiger partial charge in [-0.1, -0.05) is 28.9 Å². The number of aryl methyl sites for hydroxylation is 1. The predicted molar refractivity (Wildman–Crippen MR) is 82.0 cm³/mol. The third-order valence-corrected chi connectivity index (χ3v) is 3.43. The Labute approximate surface area is 125 Å². The van der Waals surface area contributed by atoms with Crippen LogP contribution in [-0.4, -0.2) is 9.72 Å². The highest BCUT2D eigenvalue weighted by atomic mass is 35.5. The van der Waals surface area contributed by atoms with Crippen LogP contribution in [0.2, 0.25) is 5.02 Å². The summed E-state index contributed by atoms with van der Waals surface area (Å²) >= 11 is 6.01. The van der Waals surface area contributed by atoms with Crippen molar-refractivity contribution in [1.82, 2.24) is 9.72 Å². The van der Waals surface area contributed by atoms with Crippen molar-refractivity contribution < 1.29 is 4.52 Å². The van der Waals surface area contributed by atoms with Gasteiger partial charge in [0, 0.05) is 29.9 Å². The van der Waals surface area contributed by atoms with E-state index in [0.717, 1.165) is 5.56 Å². The Morgan fingerprint density at radius 1 is 1.24 bits per heavy atom. The lowest BCUT2D eigenvalue weighted by Crippen LogP contribution is -2.14. The molecule has 0 saturated heterocycles. The third kappa shape index (κ3) is 2.43. The molecule has 0 unspecified atom stereocenters. The molecular formula is C15H12ClN3O2. The zero-order valence-electron chi connectivity index (χ0n) is 11.2. The minimum Gasteiger partial charge on any atom is -0.380 e. The number of hydrogen-bond acceptors (Lipinski definition) is 4. The SMILES string of the molecule is Cn1ccc(-c2onc(N)c2-c2cccc(Cl)c2)cc1=O. The van der Waals surface area contributed by atoms with Gasteiger partial charge in [-0.15, -0.1) is 0 Å². The number of anilines is 1. The molecule has 2 heterocycles. The number of pyridine rings is 1. The second kappa shape index (κ2) is 5.10. The van der Waals surface area contributed by atoms with Crippen LogP contribution < -0.4 is 11.3 Å². The van der Waals surface area contributed by atoms with E-state index < -0.39 is 0 Å². The molecule has 0 saturated carbocycles. The number of benzene rings is 1. The molecule has 3 rings (SSSR count). The van der Waals surface area contributed by atoms with Gasteiger partial charge in [0.1, 0.15) is 0 Å². The largest absolute Gasteiger partial charge is 0.380 e. The highest BCUT2D eigenvalue weighted by molar-refractivity contribution is 6.30. The summed E-state index contributed by atoms with van der Waals surface area (Å²) in [7, 11) is 1.68. The summed E-state index contributed by atoms with van der Waals surface area (Å²) in [6, 6.07) is 10.5. The number of nitrogens with two attached hydrogens (primary N) is 1. The molecule has 0 bridgehead atoms. The van der Waals surface area contributed by atoms with Crippen molar-refractivity contribution >= 4 is 17.4 Å². The molecule has 2 N–H and O–H groups in total. The number of rotatable bonds is 2. The molecule has 0 aliphatic rings. The Bertz CT molecular complexity index is 867. The predicted octanol–water partition coefficient (Wildman–Crippen LogP) is 2.94. The highest BCUT2D eigenvalue weighted by Gasteiger charge is 2.18. The average Bonchev–Trinajstić information content (AvgIpc) is 2.84. The first-order chi connectivity index (χ1) is 10.1. The Balaban J connectivity index is 2.21. The van der Waals surface area contributed by atoms with Crippen molar-refractivity contribution in [2.24, 2.45) is 7.05 Å². The minimum atomic E-state index is -0.139. The number of nitrogens with zero attached hydrogens (tertiary/aromatic N) is 2. The first-order valence-electron chi connectivity index (χ1n) is 6.24. The molecule has 0 radical (unpaired) electrons. The fourth-order valence-electron chi connectivity index (χ4n) is 2.11. The van der Waals surface area contributed by atoms with Crippen molar-refractivity contribution in [2.75, 3.05) is 5.73 Å². The van der Waals surface area contributed by atoms with Gasteiger partial charge in [0.15, 0.2) is 11.6 Å². The van der Waals surface area contributed by atoms with Gasteiger partial charge in [-0.2, -0.15) is 0 Å². The molecule has 0 amide bonds. The lowest BCUT2D eigenvalue weighted by atomic mass is 10.0. The molecule has 0 atom stereocenters. The van der Waals surface area contributed by atoms with Gasteiger partial charge in [0.2, 0.25) is 0 Å². The van der Waals surface area contributed by atoms with E-state index in [4.69, 9.17) is 21.9 Å². The van der Waals surface area contributed by atoms with Gasteiger partial charge in [0.25, 0.3) is 5.56 Å². The number of aromatic nitrogens is 2. The standard InChI is InChI=1S/C15H12ClN3O2/c1-19-6-5-10(8-12(19)20)14-13(15(17)18-21-14)9-3-2-4-11(16)7-9/h2-8H,1H3,(H2,17,18). The van der Waals surface area contributed by atoms with E-state index >= 15 is 0 Å². The topological polar surface area (TPSA) is 74.1 Å². The van der Waals surface area contributed by atoms with Crippen LogP contribution in [0.3, 0.4) is 0 Å². The molecule has 0 aliphatic carbocycles. The molecule has 5 nitrogen and oxygen atoms in total. The Kier molecular flexibility index (Phi) is 3.27. The van der Waals surface area contributed by atoms with Crippen LogP contribution in [-0.2, 0) is 7.05 Å². The van der Waals surface area contributed by atoms with Crippen molar-refractivity contribution in [3.05, 3.63) is 58.0 Å². The monoisotopic (exact) mass is 301 g/mol. The summed E-state index contributed by atoms with van der Waals surface area (Å²) in [5.41, 5.74) is 7.80. The smallest absolute Gasteiger partial charge is 0.250 e. The van der Waals surface area contributed by atoms with E-state index in [2.05, 4.69) is 5.16 Å². The van der Waals surface area contributed by atoms with Crippen molar-refractivity contribution in [1.29, 1.82) is 0 Å². The van der Waals surface area contributed by atoms with E-state index in [1.54, 1.807) is 31.4 Å². The fraction of sp³-hybridized carbons (Fsp3) is 0.0667. The van der Waals surface area contributed by atoms with Crippen LogP contribution in [0.15, 0.2) is 51.9 Å². The second-order valence-corrected chi connectivity index (χ2v) is 5.08. The van der Waals surface area contributed by atoms with E-state index in [1.165, 1.54) is 10.6 Å². The van der Waals surface area contributed by atoms with Crippen LogP contribution in [0.25, 0.3) is 22.5 Å². The van der Waals surface area contributed by atoms with Gasteiger partial charge in [-0.05, 0) is 23.8 Å². The summed E-state index contributed by atoms with van der Waals surface area (Å²) in [4.78, 5) is 11.8. The molecule has 0 aliphatic heterocycles. The van der Waals surface area contributed by atoms with Crippen LogP contribution >= 0.6 is 11.6 Å². The van der Waals surface area contributed by atoms with E-state index in [0.29, 0.717) is 21.9 Å². The van der Waals surface area contributed by atoms with Crippen LogP contribution in [0.5, 0.6) is 0 Å². The molecule has 0 spiro atoms. The minimum absolute atomic E-state index is 0.139. The lowest BCUT2D eigenvalue weighted by Gasteiger charge is -2.04. The maximum Gasteiger partial charge on any atom is 0.250 e. The highest BCUT2D eigenvalue weighted by Crippen LogP contribution is 2.36. The van der Waals surface area contributed by atoms with Gasteiger partial charge in [0.05, 0.1) is 5.56 Å². The Morgan fingerprint density at radius 2 is 2.05 bits per heavy atom. The quantitative estimate of drug-likeness (QED) is 0.789. The number of hydrogen-bond donors (Lipinski definition) is 1. The first kappa shape index (κ1) is 13.5. The molecule has 106 valence electrons. The van der Waals surface area contributed by atoms with Crippen LogP contribution in [0, 0.1) is 0 Å². The lowest BCUT2D eigenvalue weighted by molar-refractivity contribution is 0.436. The molecular weight excluding hydrogens is 290 g/mol. The summed E-state index contributed by atoms with van der Waals surface area (Å²) in [5.74, 6) is 0.709. The molecule has 3 aromatic rings. The van der Waals surface area contributed by atoms with Crippen molar-refractivity contribution in [3.8, 4) is 22.5 Å². The average molecular weight is 302 g/mol. The summed E-state index contributed by atoms with van der Waals surface area (Å²) in [5, 5.41) is 4.39. The van der Waals surface area contributed by atoms with E-state index in [1.807, 2.05) is 12.1 Å². The second-order valence-electron chi connectivity index (χ2n) is 4.65. The van der Waals surface area contributed by atoms with Gasteiger partial charge in [-0.3, -0.25) is 4.79 Å². The van der Waals surface area contributed by atoms with Crippen molar-refractivity contribution in [3.63, 3.8) is 0 Å². The summed E-state index contributed by atoms with van der Waals surface area (Å²) < 4.78 is 6.78. The number of halogens is 1. The molecule has 6 heteroatoms. The molecule has 2 aromatic heterocycles. The van der Waals surface area contributed by atoms with E-state index in [-0.39, 0.29) is 11.4 Å². The van der Waals surface area contributed by atoms with Crippen LogP contribution in [0.4, 0.5) is 5.82 Å². The van der Waals surface area contributed by atoms with Gasteiger partial charge in [-0.25, -0.2) is 0 Å². The van der Waals surface area contributed by atoms with Gasteiger partial charge >= 0.3 is 0 Å².